The molecule has 0 aliphatic carbocycles. The molecule has 4 heterocycles. The van der Waals surface area contributed by atoms with Gasteiger partial charge in [-0.3, -0.25) is 9.80 Å². The van der Waals surface area contributed by atoms with Crippen LogP contribution >= 0.6 is 0 Å². The molecule has 2 bridgehead atoms. The molecule has 0 aromatic heterocycles. The van der Waals surface area contributed by atoms with Crippen LogP contribution in [0.15, 0.2) is 42.5 Å². The number of rotatable bonds is 2. The van der Waals surface area contributed by atoms with Gasteiger partial charge in [0.1, 0.15) is 6.10 Å². The van der Waals surface area contributed by atoms with E-state index < -0.39 is 17.7 Å². The van der Waals surface area contributed by atoms with Gasteiger partial charge in [0.05, 0.1) is 11.6 Å². The summed E-state index contributed by atoms with van der Waals surface area (Å²) >= 11 is 0. The van der Waals surface area contributed by atoms with Crippen molar-refractivity contribution in [3.63, 3.8) is 0 Å². The number of amides is 1. The number of nitrogens with zero attached hydrogens (tertiary/aromatic N) is 2. The van der Waals surface area contributed by atoms with Crippen LogP contribution in [0.5, 0.6) is 0 Å². The molecule has 4 nitrogen and oxygen atoms in total. The fourth-order valence-corrected chi connectivity index (χ4v) is 5.76. The lowest BCUT2D eigenvalue weighted by atomic mass is 9.74. The van der Waals surface area contributed by atoms with Crippen molar-refractivity contribution in [3.05, 3.63) is 70.8 Å². The summed E-state index contributed by atoms with van der Waals surface area (Å²) in [5.74, 6) is -1.44. The quantitative estimate of drug-likeness (QED) is 0.683. The Bertz CT molecular complexity index is 1000. The predicted molar refractivity (Wildman–Crippen MR) is 114 cm³/mol. The highest BCUT2D eigenvalue weighted by Gasteiger charge is 2.50. The van der Waals surface area contributed by atoms with Gasteiger partial charge in [0.2, 0.25) is 0 Å². The monoisotopic (exact) mass is 426 g/mol. The van der Waals surface area contributed by atoms with Gasteiger partial charge in [0.15, 0.2) is 11.6 Å². The van der Waals surface area contributed by atoms with Gasteiger partial charge in [-0.25, -0.2) is 13.6 Å². The summed E-state index contributed by atoms with van der Waals surface area (Å²) < 4.78 is 33.9. The summed E-state index contributed by atoms with van der Waals surface area (Å²) in [7, 11) is 0. The highest BCUT2D eigenvalue weighted by molar-refractivity contribution is 5.70. The Kier molecular flexibility index (Phi) is 5.00. The van der Waals surface area contributed by atoms with E-state index in [2.05, 4.69) is 18.7 Å². The minimum atomic E-state index is -0.910. The van der Waals surface area contributed by atoms with E-state index >= 15 is 0 Å². The van der Waals surface area contributed by atoms with E-state index in [0.717, 1.165) is 43.1 Å². The molecule has 31 heavy (non-hydrogen) atoms. The van der Waals surface area contributed by atoms with Crippen LogP contribution < -0.4 is 0 Å². The molecular formula is C25H28F2N2O2. The van der Waals surface area contributed by atoms with E-state index in [1.165, 1.54) is 6.07 Å². The van der Waals surface area contributed by atoms with Crippen LogP contribution in [0.1, 0.15) is 49.4 Å². The SMILES string of the molecule is CC1(C)[C@@H](OC(=O)N2CCc3ccccc3[C@H]2c2ccc(F)c(F)c2)C2CCN1CC2. The first-order chi connectivity index (χ1) is 14.9. The normalized spacial score (nSPS) is 28.8. The van der Waals surface area contributed by atoms with Gasteiger partial charge in [-0.15, -0.1) is 0 Å². The number of benzene rings is 2. The maximum Gasteiger partial charge on any atom is 0.410 e. The lowest BCUT2D eigenvalue weighted by molar-refractivity contribution is -0.126. The number of hydrogen-bond acceptors (Lipinski definition) is 3. The molecular weight excluding hydrogens is 398 g/mol. The molecule has 4 aliphatic heterocycles. The molecule has 4 aliphatic rings. The van der Waals surface area contributed by atoms with Gasteiger partial charge < -0.3 is 4.74 Å². The van der Waals surface area contributed by atoms with Gasteiger partial charge in [-0.2, -0.15) is 0 Å². The molecule has 6 rings (SSSR count). The van der Waals surface area contributed by atoms with Crippen molar-refractivity contribution in [2.24, 2.45) is 5.92 Å². The van der Waals surface area contributed by atoms with Gasteiger partial charge in [-0.05, 0) is 75.0 Å². The van der Waals surface area contributed by atoms with Gasteiger partial charge >= 0.3 is 6.09 Å². The average Bonchev–Trinajstić information content (AvgIpc) is 2.77. The van der Waals surface area contributed by atoms with Crippen molar-refractivity contribution in [1.29, 1.82) is 0 Å². The fourth-order valence-electron chi connectivity index (χ4n) is 5.76. The largest absolute Gasteiger partial charge is 0.444 e. The Morgan fingerprint density at radius 3 is 2.48 bits per heavy atom. The molecule has 2 aromatic carbocycles. The van der Waals surface area contributed by atoms with E-state index in [1.807, 2.05) is 24.3 Å². The lowest BCUT2D eigenvalue weighted by Gasteiger charge is -2.55. The Hall–Kier alpha value is -2.47. The van der Waals surface area contributed by atoms with Crippen LogP contribution in [0, 0.1) is 17.6 Å². The molecule has 0 N–H and O–H groups in total. The second kappa shape index (κ2) is 7.59. The summed E-state index contributed by atoms with van der Waals surface area (Å²) in [5.41, 5.74) is 2.40. The lowest BCUT2D eigenvalue weighted by Crippen LogP contribution is -2.65. The molecule has 164 valence electrons. The van der Waals surface area contributed by atoms with Crippen LogP contribution in [0.3, 0.4) is 0 Å². The smallest absolute Gasteiger partial charge is 0.410 e. The highest BCUT2D eigenvalue weighted by atomic mass is 19.2. The van der Waals surface area contributed by atoms with Crippen molar-refractivity contribution < 1.29 is 18.3 Å². The van der Waals surface area contributed by atoms with E-state index in [0.29, 0.717) is 24.4 Å². The second-order valence-corrected chi connectivity index (χ2v) is 9.50. The molecule has 0 radical (unpaired) electrons. The van der Waals surface area contributed by atoms with Crippen molar-refractivity contribution in [3.8, 4) is 0 Å². The zero-order valence-corrected chi connectivity index (χ0v) is 18.0. The summed E-state index contributed by atoms with van der Waals surface area (Å²) in [6.45, 7) is 6.85. The molecule has 0 unspecified atom stereocenters. The average molecular weight is 427 g/mol. The summed E-state index contributed by atoms with van der Waals surface area (Å²) in [6, 6.07) is 11.2. The minimum Gasteiger partial charge on any atom is -0.444 e. The molecule has 0 spiro atoms. The number of hydrogen-bond donors (Lipinski definition) is 0. The third-order valence-electron chi connectivity index (χ3n) is 7.48. The van der Waals surface area contributed by atoms with Crippen LogP contribution in [0.25, 0.3) is 0 Å². The van der Waals surface area contributed by atoms with Crippen LogP contribution in [0.2, 0.25) is 0 Å². The molecule has 2 aromatic rings. The first kappa shape index (κ1) is 20.4. The topological polar surface area (TPSA) is 32.8 Å². The van der Waals surface area contributed by atoms with Gasteiger partial charge in [-0.1, -0.05) is 30.3 Å². The molecule has 3 fully saturated rings. The molecule has 0 saturated carbocycles. The maximum atomic E-state index is 14.1. The Morgan fingerprint density at radius 1 is 1.03 bits per heavy atom. The molecule has 2 atom stereocenters. The minimum absolute atomic E-state index is 0.176. The van der Waals surface area contributed by atoms with Crippen LogP contribution in [-0.4, -0.2) is 47.2 Å². The van der Waals surface area contributed by atoms with Crippen molar-refractivity contribution >= 4 is 6.09 Å². The Labute approximate surface area is 181 Å². The molecule has 6 heteroatoms. The highest BCUT2D eigenvalue weighted by Crippen LogP contribution is 2.42. The van der Waals surface area contributed by atoms with E-state index in [4.69, 9.17) is 4.74 Å². The van der Waals surface area contributed by atoms with Crippen LogP contribution in [0.4, 0.5) is 13.6 Å². The summed E-state index contributed by atoms with van der Waals surface area (Å²) in [5, 5.41) is 0. The van der Waals surface area contributed by atoms with E-state index in [9.17, 15) is 13.6 Å². The van der Waals surface area contributed by atoms with Crippen molar-refractivity contribution in [2.45, 2.75) is 50.8 Å². The Balaban J connectivity index is 1.48. The second-order valence-electron chi connectivity index (χ2n) is 9.50. The van der Waals surface area contributed by atoms with Crippen molar-refractivity contribution in [1.82, 2.24) is 9.80 Å². The number of piperidine rings is 3. The summed E-state index contributed by atoms with van der Waals surface area (Å²) in [4.78, 5) is 17.6. The Morgan fingerprint density at radius 2 is 1.77 bits per heavy atom. The van der Waals surface area contributed by atoms with Crippen molar-refractivity contribution in [2.75, 3.05) is 19.6 Å². The standard InChI is InChI=1S/C25H28F2N2O2/c1-25(2)23(17-9-12-28(25)13-10-17)31-24(30)29-14-11-16-5-3-4-6-19(16)22(29)18-7-8-20(26)21(27)15-18/h3-8,15,17,22-23H,9-14H2,1-2H3/t22-,23+/m1/s1. The number of carbonyl (C=O) groups is 1. The van der Waals surface area contributed by atoms with Gasteiger partial charge in [0, 0.05) is 12.5 Å². The first-order valence-corrected chi connectivity index (χ1v) is 11.1. The number of fused-ring (bicyclic) bond motifs is 4. The zero-order chi connectivity index (χ0) is 21.8. The number of carbonyl (C=O) groups excluding carboxylic acids is 1. The summed E-state index contributed by atoms with van der Waals surface area (Å²) in [6.07, 6.45) is 2.23. The first-order valence-electron chi connectivity index (χ1n) is 11.1. The fraction of sp³-hybridized carbons (Fsp3) is 0.480. The number of halogens is 2. The predicted octanol–water partition coefficient (Wildman–Crippen LogP) is 4.92. The van der Waals surface area contributed by atoms with E-state index in [1.54, 1.807) is 11.0 Å². The third-order valence-corrected chi connectivity index (χ3v) is 7.48. The third kappa shape index (κ3) is 3.41. The zero-order valence-electron chi connectivity index (χ0n) is 18.0. The van der Waals surface area contributed by atoms with Gasteiger partial charge in [0.25, 0.3) is 0 Å². The molecule has 3 saturated heterocycles. The maximum absolute atomic E-state index is 14.1. The number of ether oxygens (including phenoxy) is 1. The van der Waals surface area contributed by atoms with Crippen LogP contribution in [-0.2, 0) is 11.2 Å². The van der Waals surface area contributed by atoms with E-state index in [-0.39, 0.29) is 17.7 Å². The molecule has 1 amide bonds.